The van der Waals surface area contributed by atoms with Crippen LogP contribution in [0.1, 0.15) is 25.7 Å². The Morgan fingerprint density at radius 3 is 2.48 bits per heavy atom. The Bertz CT molecular complexity index is 610. The third-order valence-electron chi connectivity index (χ3n) is 3.88. The summed E-state index contributed by atoms with van der Waals surface area (Å²) in [5, 5.41) is 14.0. The van der Waals surface area contributed by atoms with E-state index < -0.39 is 41.1 Å². The molecule has 1 saturated carbocycles. The molecule has 126 valence electrons. The Morgan fingerprint density at radius 2 is 1.78 bits per heavy atom. The molecule has 1 aliphatic carbocycles. The summed E-state index contributed by atoms with van der Waals surface area (Å²) >= 11 is 0. The number of carbonyl (C=O) groups excluding carboxylic acids is 2. The van der Waals surface area contributed by atoms with E-state index >= 15 is 0 Å². The smallest absolute Gasteiger partial charge is 0.313 e. The average Bonchev–Trinajstić information content (AvgIpc) is 2.54. The van der Waals surface area contributed by atoms with Crippen LogP contribution >= 0.6 is 0 Å². The fourth-order valence-corrected chi connectivity index (χ4v) is 2.53. The highest BCUT2D eigenvalue weighted by Crippen LogP contribution is 2.23. The zero-order valence-corrected chi connectivity index (χ0v) is 12.2. The van der Waals surface area contributed by atoms with Crippen molar-refractivity contribution in [3.05, 3.63) is 29.6 Å². The SMILES string of the molecule is O=C(NC[C@H]1CCCC[C@H]1O)C(=O)Nc1ccc(F)c(F)c1F. The third kappa shape index (κ3) is 4.22. The molecule has 0 aromatic heterocycles. The minimum atomic E-state index is -1.73. The standard InChI is InChI=1S/C15H17F3N2O3/c16-9-5-6-10(13(18)12(9)17)20-15(23)14(22)19-7-8-3-1-2-4-11(8)21/h5-6,8,11,21H,1-4,7H2,(H,19,22)(H,20,23)/t8-,11-/m1/s1. The lowest BCUT2D eigenvalue weighted by Gasteiger charge is -2.27. The molecule has 0 spiro atoms. The normalized spacial score (nSPS) is 20.9. The fourth-order valence-electron chi connectivity index (χ4n) is 2.53. The summed E-state index contributed by atoms with van der Waals surface area (Å²) in [4.78, 5) is 23.3. The Labute approximate surface area is 130 Å². The molecule has 3 N–H and O–H groups in total. The number of rotatable bonds is 3. The second kappa shape index (κ2) is 7.45. The zero-order valence-electron chi connectivity index (χ0n) is 12.2. The first-order chi connectivity index (χ1) is 10.9. The minimum absolute atomic E-state index is 0.119. The van der Waals surface area contributed by atoms with E-state index in [-0.39, 0.29) is 12.5 Å². The largest absolute Gasteiger partial charge is 0.393 e. The van der Waals surface area contributed by atoms with Crippen LogP contribution in [0.15, 0.2) is 12.1 Å². The van der Waals surface area contributed by atoms with Gasteiger partial charge in [0.2, 0.25) is 0 Å². The van der Waals surface area contributed by atoms with Crippen molar-refractivity contribution in [1.82, 2.24) is 5.32 Å². The number of aliphatic hydroxyl groups is 1. The number of hydrogen-bond acceptors (Lipinski definition) is 3. The monoisotopic (exact) mass is 330 g/mol. The lowest BCUT2D eigenvalue weighted by Crippen LogP contribution is -2.41. The van der Waals surface area contributed by atoms with Gasteiger partial charge >= 0.3 is 11.8 Å². The quantitative estimate of drug-likeness (QED) is 0.583. The molecule has 0 bridgehead atoms. The van der Waals surface area contributed by atoms with Gasteiger partial charge in [0.1, 0.15) is 0 Å². The number of hydrogen-bond donors (Lipinski definition) is 3. The van der Waals surface area contributed by atoms with Crippen molar-refractivity contribution in [2.24, 2.45) is 5.92 Å². The number of carbonyl (C=O) groups is 2. The van der Waals surface area contributed by atoms with Gasteiger partial charge in [0.05, 0.1) is 11.8 Å². The van der Waals surface area contributed by atoms with Gasteiger partial charge in [-0.3, -0.25) is 9.59 Å². The predicted molar refractivity (Wildman–Crippen MR) is 75.9 cm³/mol. The summed E-state index contributed by atoms with van der Waals surface area (Å²) in [5.41, 5.74) is -0.623. The first kappa shape index (κ1) is 17.3. The van der Waals surface area contributed by atoms with Crippen LogP contribution in [0.25, 0.3) is 0 Å². The van der Waals surface area contributed by atoms with Crippen molar-refractivity contribution in [3.63, 3.8) is 0 Å². The van der Waals surface area contributed by atoms with Gasteiger partial charge < -0.3 is 15.7 Å². The number of nitrogens with one attached hydrogen (secondary N) is 2. The maximum absolute atomic E-state index is 13.4. The molecule has 1 aliphatic rings. The molecule has 0 heterocycles. The molecule has 0 saturated heterocycles. The van der Waals surface area contributed by atoms with E-state index in [2.05, 4.69) is 5.32 Å². The molecule has 0 aliphatic heterocycles. The van der Waals surface area contributed by atoms with Gasteiger partial charge in [-0.1, -0.05) is 12.8 Å². The van der Waals surface area contributed by atoms with E-state index in [0.717, 1.165) is 25.3 Å². The second-order valence-electron chi connectivity index (χ2n) is 5.50. The van der Waals surface area contributed by atoms with Gasteiger partial charge in [-0.05, 0) is 25.0 Å². The molecule has 1 aromatic carbocycles. The van der Waals surface area contributed by atoms with Gasteiger partial charge in [0.25, 0.3) is 0 Å². The lowest BCUT2D eigenvalue weighted by atomic mass is 9.86. The molecule has 5 nitrogen and oxygen atoms in total. The lowest BCUT2D eigenvalue weighted by molar-refractivity contribution is -0.136. The molecule has 1 fully saturated rings. The fraction of sp³-hybridized carbons (Fsp3) is 0.467. The topological polar surface area (TPSA) is 78.4 Å². The first-order valence-corrected chi connectivity index (χ1v) is 7.31. The predicted octanol–water partition coefficient (Wildman–Crippen LogP) is 1.71. The number of aliphatic hydroxyl groups excluding tert-OH is 1. The Hall–Kier alpha value is -2.09. The van der Waals surface area contributed by atoms with Crippen molar-refractivity contribution in [1.29, 1.82) is 0 Å². The molecule has 2 atom stereocenters. The van der Waals surface area contributed by atoms with Crippen molar-refractivity contribution in [3.8, 4) is 0 Å². The van der Waals surface area contributed by atoms with E-state index in [0.29, 0.717) is 12.5 Å². The van der Waals surface area contributed by atoms with E-state index in [1.807, 2.05) is 5.32 Å². The Morgan fingerprint density at radius 1 is 1.09 bits per heavy atom. The van der Waals surface area contributed by atoms with E-state index in [4.69, 9.17) is 0 Å². The molecule has 23 heavy (non-hydrogen) atoms. The third-order valence-corrected chi connectivity index (χ3v) is 3.88. The molecular formula is C15H17F3N2O3. The van der Waals surface area contributed by atoms with Crippen molar-refractivity contribution < 1.29 is 27.9 Å². The minimum Gasteiger partial charge on any atom is -0.393 e. The van der Waals surface area contributed by atoms with Crippen molar-refractivity contribution in [2.75, 3.05) is 11.9 Å². The Balaban J connectivity index is 1.90. The van der Waals surface area contributed by atoms with Crippen LogP contribution in [0, 0.1) is 23.4 Å². The molecule has 2 amide bonds. The summed E-state index contributed by atoms with van der Waals surface area (Å²) < 4.78 is 39.3. The number of halogens is 3. The summed E-state index contributed by atoms with van der Waals surface area (Å²) in [5.74, 6) is -7.06. The summed E-state index contributed by atoms with van der Waals surface area (Å²) in [6, 6.07) is 1.47. The highest BCUT2D eigenvalue weighted by molar-refractivity contribution is 6.39. The number of benzene rings is 1. The number of amides is 2. The van der Waals surface area contributed by atoms with Crippen LogP contribution in [0.2, 0.25) is 0 Å². The molecule has 0 radical (unpaired) electrons. The van der Waals surface area contributed by atoms with Crippen LogP contribution < -0.4 is 10.6 Å². The van der Waals surface area contributed by atoms with Crippen LogP contribution in [0.3, 0.4) is 0 Å². The van der Waals surface area contributed by atoms with E-state index in [1.165, 1.54) is 0 Å². The molecule has 0 unspecified atom stereocenters. The van der Waals surface area contributed by atoms with Crippen LogP contribution in [-0.2, 0) is 9.59 Å². The molecule has 1 aromatic rings. The van der Waals surface area contributed by atoms with Crippen LogP contribution in [0.5, 0.6) is 0 Å². The highest BCUT2D eigenvalue weighted by Gasteiger charge is 2.25. The van der Waals surface area contributed by atoms with Crippen molar-refractivity contribution in [2.45, 2.75) is 31.8 Å². The van der Waals surface area contributed by atoms with Crippen molar-refractivity contribution >= 4 is 17.5 Å². The molecule has 2 rings (SSSR count). The summed E-state index contributed by atoms with van der Waals surface area (Å²) in [6.07, 6.45) is 2.70. The Kier molecular flexibility index (Phi) is 5.59. The second-order valence-corrected chi connectivity index (χ2v) is 5.50. The molecular weight excluding hydrogens is 313 g/mol. The van der Waals surface area contributed by atoms with Gasteiger partial charge in [-0.25, -0.2) is 13.2 Å². The van der Waals surface area contributed by atoms with Gasteiger partial charge in [-0.2, -0.15) is 0 Å². The zero-order chi connectivity index (χ0) is 17.0. The summed E-state index contributed by atoms with van der Waals surface area (Å²) in [7, 11) is 0. The summed E-state index contributed by atoms with van der Waals surface area (Å²) in [6.45, 7) is 0.119. The van der Waals surface area contributed by atoms with E-state index in [9.17, 15) is 27.9 Å². The van der Waals surface area contributed by atoms with Gasteiger partial charge in [0, 0.05) is 12.5 Å². The van der Waals surface area contributed by atoms with E-state index in [1.54, 1.807) is 0 Å². The number of anilines is 1. The van der Waals surface area contributed by atoms with Crippen LogP contribution in [-0.4, -0.2) is 29.6 Å². The molecule has 8 heteroatoms. The maximum Gasteiger partial charge on any atom is 0.313 e. The van der Waals surface area contributed by atoms with Gasteiger partial charge in [0.15, 0.2) is 17.5 Å². The van der Waals surface area contributed by atoms with Gasteiger partial charge in [-0.15, -0.1) is 0 Å². The first-order valence-electron chi connectivity index (χ1n) is 7.31. The van der Waals surface area contributed by atoms with Crippen LogP contribution in [0.4, 0.5) is 18.9 Å². The average molecular weight is 330 g/mol. The highest BCUT2D eigenvalue weighted by atomic mass is 19.2. The maximum atomic E-state index is 13.4.